The van der Waals surface area contributed by atoms with Gasteiger partial charge in [0.2, 0.25) is 0 Å². The first-order valence-electron chi connectivity index (χ1n) is 5.82. The van der Waals surface area contributed by atoms with Crippen LogP contribution in [0.5, 0.6) is 0 Å². The maximum absolute atomic E-state index is 11.5. The standard InChI is InChI=1S/C15H9NOSe/c17-12-3-1-9-5-10-2-4-15-14(8-18-16-15)13(10)7-11(9)6-12/h1-5,7-8H,6H2. The van der Waals surface area contributed by atoms with Gasteiger partial charge in [0, 0.05) is 0 Å². The van der Waals surface area contributed by atoms with Crippen LogP contribution in [0.3, 0.4) is 0 Å². The molecule has 4 rings (SSSR count). The molecule has 3 heteroatoms. The predicted molar refractivity (Wildman–Crippen MR) is 73.9 cm³/mol. The van der Waals surface area contributed by atoms with E-state index < -0.39 is 0 Å². The van der Waals surface area contributed by atoms with Crippen LogP contribution >= 0.6 is 0 Å². The van der Waals surface area contributed by atoms with Gasteiger partial charge in [-0.25, -0.2) is 0 Å². The number of hydrogen-bond donors (Lipinski definition) is 0. The van der Waals surface area contributed by atoms with Gasteiger partial charge in [-0.1, -0.05) is 0 Å². The number of fused-ring (bicyclic) bond motifs is 4. The van der Waals surface area contributed by atoms with Crippen molar-refractivity contribution < 1.29 is 4.79 Å². The zero-order valence-electron chi connectivity index (χ0n) is 9.51. The summed E-state index contributed by atoms with van der Waals surface area (Å²) in [6.45, 7) is 0. The number of carbonyl (C=O) groups excluding carboxylic acids is 1. The number of hydrogen-bond acceptors (Lipinski definition) is 2. The van der Waals surface area contributed by atoms with E-state index in [1.807, 2.05) is 6.08 Å². The van der Waals surface area contributed by atoms with E-state index in [0.717, 1.165) is 11.1 Å². The number of ketones is 1. The molecule has 1 aliphatic carbocycles. The Balaban J connectivity index is 2.13. The van der Waals surface area contributed by atoms with Gasteiger partial charge in [0.25, 0.3) is 0 Å². The summed E-state index contributed by atoms with van der Waals surface area (Å²) in [5, 5.41) is 3.71. The fourth-order valence-corrected chi connectivity index (χ4v) is 3.95. The summed E-state index contributed by atoms with van der Waals surface area (Å²) < 4.78 is 4.50. The summed E-state index contributed by atoms with van der Waals surface area (Å²) in [6.07, 6.45) is 4.12. The van der Waals surface area contributed by atoms with Crippen molar-refractivity contribution in [3.05, 3.63) is 46.4 Å². The maximum atomic E-state index is 11.5. The number of allylic oxidation sites excluding steroid dienone is 1. The average Bonchev–Trinajstić information content (AvgIpc) is 2.85. The molecule has 86 valence electrons. The Hall–Kier alpha value is -1.70. The molecule has 1 heterocycles. The molecule has 1 aromatic heterocycles. The number of nitrogens with zero attached hydrogens (tertiary/aromatic N) is 1. The molecule has 0 amide bonds. The first-order chi connectivity index (χ1) is 8.81. The number of rotatable bonds is 0. The van der Waals surface area contributed by atoms with Crippen LogP contribution in [0.1, 0.15) is 11.1 Å². The van der Waals surface area contributed by atoms with Gasteiger partial charge in [-0.15, -0.1) is 0 Å². The molecule has 0 aliphatic heterocycles. The summed E-state index contributed by atoms with van der Waals surface area (Å²) in [6, 6.07) is 8.55. The van der Waals surface area contributed by atoms with Crippen molar-refractivity contribution in [2.24, 2.45) is 0 Å². The number of benzene rings is 2. The third kappa shape index (κ3) is 1.41. The fraction of sp³-hybridized carbons (Fsp3) is 0.0667. The van der Waals surface area contributed by atoms with Gasteiger partial charge in [0.1, 0.15) is 0 Å². The molecule has 1 aliphatic rings. The van der Waals surface area contributed by atoms with Gasteiger partial charge in [-0.3, -0.25) is 0 Å². The Bertz CT molecular complexity index is 829. The van der Waals surface area contributed by atoms with Gasteiger partial charge < -0.3 is 0 Å². The molecule has 0 bridgehead atoms. The van der Waals surface area contributed by atoms with Crippen molar-refractivity contribution in [2.75, 3.05) is 0 Å². The quantitative estimate of drug-likeness (QED) is 0.597. The minimum atomic E-state index is 0.187. The van der Waals surface area contributed by atoms with Gasteiger partial charge in [0.05, 0.1) is 0 Å². The van der Waals surface area contributed by atoms with Crippen LogP contribution in [-0.2, 0) is 11.2 Å². The van der Waals surface area contributed by atoms with E-state index in [1.165, 1.54) is 21.7 Å². The fourth-order valence-electron chi connectivity index (χ4n) is 2.52. The number of carbonyl (C=O) groups is 1. The first kappa shape index (κ1) is 10.2. The molecule has 0 unspecified atom stereocenters. The molecule has 0 fully saturated rings. The first-order valence-corrected chi connectivity index (χ1v) is 7.57. The van der Waals surface area contributed by atoms with E-state index in [4.69, 9.17) is 0 Å². The van der Waals surface area contributed by atoms with Gasteiger partial charge in [-0.05, 0) is 0 Å². The van der Waals surface area contributed by atoms with Crippen LogP contribution in [-0.4, -0.2) is 24.5 Å². The van der Waals surface area contributed by atoms with Crippen molar-refractivity contribution in [1.82, 2.24) is 3.98 Å². The summed E-state index contributed by atoms with van der Waals surface area (Å²) in [5.74, 6) is 0.187. The Morgan fingerprint density at radius 3 is 3.00 bits per heavy atom. The SMILES string of the molecule is O=C1C=Cc2cc3ccc4n[se]cc4c3cc2C1. The molecule has 0 radical (unpaired) electrons. The molecule has 0 atom stereocenters. The second kappa shape index (κ2) is 3.64. The van der Waals surface area contributed by atoms with E-state index in [0.29, 0.717) is 6.42 Å². The predicted octanol–water partition coefficient (Wildman–Crippen LogP) is 2.58. The molecule has 3 aromatic rings. The third-order valence-corrected chi connectivity index (χ3v) is 4.78. The molecule has 0 spiro atoms. The average molecular weight is 298 g/mol. The zero-order valence-corrected chi connectivity index (χ0v) is 11.2. The van der Waals surface area contributed by atoms with Crippen LogP contribution in [0.15, 0.2) is 35.3 Å². The molecule has 2 aromatic carbocycles. The van der Waals surface area contributed by atoms with Crippen LogP contribution in [0, 0.1) is 0 Å². The Morgan fingerprint density at radius 1 is 1.11 bits per heavy atom. The third-order valence-electron chi connectivity index (χ3n) is 3.43. The van der Waals surface area contributed by atoms with Crippen LogP contribution in [0.2, 0.25) is 0 Å². The van der Waals surface area contributed by atoms with E-state index >= 15 is 0 Å². The Morgan fingerprint density at radius 2 is 2.06 bits per heavy atom. The van der Waals surface area contributed by atoms with Crippen molar-refractivity contribution in [3.8, 4) is 0 Å². The van der Waals surface area contributed by atoms with Gasteiger partial charge in [-0.2, -0.15) is 0 Å². The molecule has 2 nitrogen and oxygen atoms in total. The normalized spacial score (nSPS) is 14.3. The Labute approximate surface area is 110 Å². The topological polar surface area (TPSA) is 30.0 Å². The summed E-state index contributed by atoms with van der Waals surface area (Å²) in [7, 11) is 0. The van der Waals surface area contributed by atoms with Gasteiger partial charge >= 0.3 is 110 Å². The molecular formula is C15H9NOSe. The molecule has 18 heavy (non-hydrogen) atoms. The van der Waals surface area contributed by atoms with Crippen LogP contribution in [0.4, 0.5) is 0 Å². The summed E-state index contributed by atoms with van der Waals surface area (Å²) in [4.78, 5) is 13.7. The number of aromatic nitrogens is 1. The summed E-state index contributed by atoms with van der Waals surface area (Å²) in [5.41, 5.74) is 3.40. The van der Waals surface area contributed by atoms with E-state index in [-0.39, 0.29) is 20.5 Å². The van der Waals surface area contributed by atoms with Crippen molar-refractivity contribution in [3.63, 3.8) is 0 Å². The van der Waals surface area contributed by atoms with Crippen molar-refractivity contribution in [2.45, 2.75) is 6.42 Å². The minimum absolute atomic E-state index is 0.187. The second-order valence-corrected chi connectivity index (χ2v) is 5.88. The zero-order chi connectivity index (χ0) is 12.1. The van der Waals surface area contributed by atoms with E-state index in [1.54, 1.807) is 6.08 Å². The Kier molecular flexibility index (Phi) is 2.07. The van der Waals surface area contributed by atoms with Crippen LogP contribution < -0.4 is 0 Å². The van der Waals surface area contributed by atoms with Crippen molar-refractivity contribution >= 4 is 48.3 Å². The second-order valence-electron chi connectivity index (χ2n) is 4.56. The van der Waals surface area contributed by atoms with E-state index in [9.17, 15) is 4.79 Å². The van der Waals surface area contributed by atoms with Gasteiger partial charge in [0.15, 0.2) is 0 Å². The monoisotopic (exact) mass is 299 g/mol. The van der Waals surface area contributed by atoms with E-state index in [2.05, 4.69) is 33.2 Å². The molecule has 0 saturated heterocycles. The summed E-state index contributed by atoms with van der Waals surface area (Å²) >= 11 is 0.238. The molecule has 0 saturated carbocycles. The molecule has 0 N–H and O–H groups in total. The molecular weight excluding hydrogens is 289 g/mol. The van der Waals surface area contributed by atoms with Crippen molar-refractivity contribution in [1.29, 1.82) is 0 Å². The van der Waals surface area contributed by atoms with Crippen LogP contribution in [0.25, 0.3) is 27.8 Å².